The van der Waals surface area contributed by atoms with Crippen molar-refractivity contribution in [3.63, 3.8) is 0 Å². The number of benzene rings is 4. The van der Waals surface area contributed by atoms with Crippen LogP contribution in [0.4, 0.5) is 22.7 Å². The summed E-state index contributed by atoms with van der Waals surface area (Å²) in [5, 5.41) is 3.57. The maximum absolute atomic E-state index is 5.02. The van der Waals surface area contributed by atoms with Crippen molar-refractivity contribution in [1.29, 1.82) is 0 Å². The van der Waals surface area contributed by atoms with Crippen LogP contribution in [-0.2, 0) is 0 Å². The molecule has 1 heterocycles. The fourth-order valence-corrected chi connectivity index (χ4v) is 4.57. The summed E-state index contributed by atoms with van der Waals surface area (Å²) in [6, 6.07) is 32.0. The molecule has 0 saturated carbocycles. The minimum absolute atomic E-state index is 0.963. The van der Waals surface area contributed by atoms with Crippen molar-refractivity contribution in [3.8, 4) is 5.69 Å². The molecule has 0 unspecified atom stereocenters. The second-order valence-corrected chi connectivity index (χ2v) is 8.90. The number of nitrogens with zero attached hydrogens (tertiary/aromatic N) is 4. The third-order valence-electron chi connectivity index (χ3n) is 6.47. The Labute approximate surface area is 207 Å². The molecule has 1 N–H and O–H groups in total. The van der Waals surface area contributed by atoms with E-state index in [2.05, 4.69) is 139 Å². The molecule has 0 atom stereocenters. The zero-order valence-corrected chi connectivity index (χ0v) is 20.9. The van der Waals surface area contributed by atoms with E-state index in [1.54, 1.807) is 0 Å². The molecule has 0 saturated heterocycles. The lowest BCUT2D eigenvalue weighted by Crippen LogP contribution is -2.33. The van der Waals surface area contributed by atoms with E-state index in [1.807, 2.05) is 0 Å². The molecule has 5 rings (SSSR count). The highest BCUT2D eigenvalue weighted by atomic mass is 15.1. The third-order valence-corrected chi connectivity index (χ3v) is 6.47. The molecule has 5 heteroatoms. The molecule has 1 aromatic heterocycles. The van der Waals surface area contributed by atoms with Crippen molar-refractivity contribution in [2.75, 3.05) is 42.3 Å². The number of hydrogen-bond donors (Lipinski definition) is 1. The summed E-state index contributed by atoms with van der Waals surface area (Å²) in [6.07, 6.45) is 0. The zero-order chi connectivity index (χ0) is 24.4. The molecule has 0 radical (unpaired) electrons. The quantitative estimate of drug-likeness (QED) is 0.227. The topological polar surface area (TPSA) is 35.3 Å². The van der Waals surface area contributed by atoms with E-state index in [0.29, 0.717) is 0 Å². The average Bonchev–Trinajstić information content (AvgIpc) is 2.89. The Morgan fingerprint density at radius 2 is 1.29 bits per heavy atom. The molecule has 0 spiro atoms. The molecular formula is C30H32N5+. The van der Waals surface area contributed by atoms with Gasteiger partial charge in [0.1, 0.15) is 11.0 Å². The van der Waals surface area contributed by atoms with E-state index in [9.17, 15) is 0 Å². The van der Waals surface area contributed by atoms with E-state index in [4.69, 9.17) is 4.98 Å². The molecule has 5 nitrogen and oxygen atoms in total. The molecule has 4 aromatic carbocycles. The molecule has 0 fully saturated rings. The van der Waals surface area contributed by atoms with E-state index in [1.165, 1.54) is 11.4 Å². The Morgan fingerprint density at radius 1 is 0.686 bits per heavy atom. The Morgan fingerprint density at radius 3 is 1.94 bits per heavy atom. The number of hydrogen-bond acceptors (Lipinski definition) is 4. The Hall–Kier alpha value is -4.12. The summed E-state index contributed by atoms with van der Waals surface area (Å²) < 4.78 is 2.32. The van der Waals surface area contributed by atoms with Crippen LogP contribution >= 0.6 is 0 Å². The second-order valence-electron chi connectivity index (χ2n) is 8.90. The SMILES string of the molecule is CCN(CC)c1ccc2nc3ccc(Nc4ccc(N(C)C)cc4)cc3[n+](-c3ccccc3)c2c1. The van der Waals surface area contributed by atoms with Gasteiger partial charge < -0.3 is 15.1 Å². The predicted molar refractivity (Wildman–Crippen MR) is 148 cm³/mol. The smallest absolute Gasteiger partial charge is 0.239 e. The van der Waals surface area contributed by atoms with E-state index < -0.39 is 0 Å². The molecule has 0 aliphatic rings. The fraction of sp³-hybridized carbons (Fsp3) is 0.200. The summed E-state index contributed by atoms with van der Waals surface area (Å²) >= 11 is 0. The Bertz CT molecular complexity index is 1460. The maximum Gasteiger partial charge on any atom is 0.239 e. The molecule has 0 aliphatic carbocycles. The first-order valence-corrected chi connectivity index (χ1v) is 12.2. The van der Waals surface area contributed by atoms with Gasteiger partial charge in [-0.25, -0.2) is 4.98 Å². The first kappa shape index (κ1) is 22.7. The van der Waals surface area contributed by atoms with E-state index in [0.717, 1.165) is 52.2 Å². The van der Waals surface area contributed by atoms with Gasteiger partial charge >= 0.3 is 0 Å². The van der Waals surface area contributed by atoms with E-state index >= 15 is 0 Å². The van der Waals surface area contributed by atoms with Gasteiger partial charge in [-0.15, -0.1) is 4.57 Å². The van der Waals surface area contributed by atoms with Gasteiger partial charge in [-0.05, 0) is 62.4 Å². The summed E-state index contributed by atoms with van der Waals surface area (Å²) in [6.45, 7) is 6.32. The van der Waals surface area contributed by atoms with Crippen LogP contribution in [0.15, 0.2) is 91.0 Å². The molecular weight excluding hydrogens is 430 g/mol. The lowest BCUT2D eigenvalue weighted by atomic mass is 10.1. The van der Waals surface area contributed by atoms with Crippen molar-refractivity contribution in [1.82, 2.24) is 4.98 Å². The largest absolute Gasteiger partial charge is 0.378 e. The summed E-state index contributed by atoms with van der Waals surface area (Å²) in [4.78, 5) is 9.49. The van der Waals surface area contributed by atoms with Gasteiger partial charge in [0.05, 0.1) is 0 Å². The van der Waals surface area contributed by atoms with Crippen LogP contribution in [0.2, 0.25) is 0 Å². The highest BCUT2D eigenvalue weighted by Crippen LogP contribution is 2.26. The maximum atomic E-state index is 5.02. The summed E-state index contributed by atoms with van der Waals surface area (Å²) in [5.74, 6) is 0. The lowest BCUT2D eigenvalue weighted by molar-refractivity contribution is -0.538. The first-order valence-electron chi connectivity index (χ1n) is 12.2. The third kappa shape index (κ3) is 4.50. The van der Waals surface area contributed by atoms with Crippen LogP contribution in [0.25, 0.3) is 27.8 Å². The van der Waals surface area contributed by atoms with Crippen LogP contribution < -0.4 is 19.7 Å². The van der Waals surface area contributed by atoms with Crippen LogP contribution in [0.5, 0.6) is 0 Å². The fourth-order valence-electron chi connectivity index (χ4n) is 4.57. The minimum atomic E-state index is 0.963. The molecule has 0 bridgehead atoms. The molecule has 35 heavy (non-hydrogen) atoms. The first-order chi connectivity index (χ1) is 17.1. The van der Waals surface area contributed by atoms with Crippen molar-refractivity contribution < 1.29 is 4.57 Å². The molecule has 176 valence electrons. The number of fused-ring (bicyclic) bond motifs is 2. The number of nitrogens with one attached hydrogen (secondary N) is 1. The molecule has 5 aromatic rings. The number of rotatable bonds is 7. The Balaban J connectivity index is 1.68. The summed E-state index contributed by atoms with van der Waals surface area (Å²) in [7, 11) is 4.11. The van der Waals surface area contributed by atoms with Crippen LogP contribution in [0.1, 0.15) is 13.8 Å². The average molecular weight is 463 g/mol. The van der Waals surface area contributed by atoms with Crippen LogP contribution in [0, 0.1) is 0 Å². The van der Waals surface area contributed by atoms with Crippen molar-refractivity contribution in [2.45, 2.75) is 13.8 Å². The second kappa shape index (κ2) is 9.63. The van der Waals surface area contributed by atoms with Gasteiger partial charge in [0.25, 0.3) is 0 Å². The normalized spacial score (nSPS) is 11.1. The molecule has 0 aliphatic heterocycles. The number of anilines is 4. The predicted octanol–water partition coefficient (Wildman–Crippen LogP) is 6.32. The van der Waals surface area contributed by atoms with Gasteiger partial charge in [-0.2, -0.15) is 0 Å². The van der Waals surface area contributed by atoms with Crippen molar-refractivity contribution in [3.05, 3.63) is 91.0 Å². The van der Waals surface area contributed by atoms with Gasteiger partial charge in [0.15, 0.2) is 0 Å². The van der Waals surface area contributed by atoms with Crippen LogP contribution in [-0.4, -0.2) is 32.2 Å². The molecule has 0 amide bonds. The van der Waals surface area contributed by atoms with Gasteiger partial charge in [0, 0.05) is 74.2 Å². The van der Waals surface area contributed by atoms with Gasteiger partial charge in [0.2, 0.25) is 16.7 Å². The lowest BCUT2D eigenvalue weighted by Gasteiger charge is -2.20. The highest BCUT2D eigenvalue weighted by molar-refractivity contribution is 5.86. The van der Waals surface area contributed by atoms with Crippen molar-refractivity contribution >= 4 is 44.8 Å². The van der Waals surface area contributed by atoms with Gasteiger partial charge in [-0.3, -0.25) is 0 Å². The highest BCUT2D eigenvalue weighted by Gasteiger charge is 2.21. The van der Waals surface area contributed by atoms with Crippen molar-refractivity contribution in [2.24, 2.45) is 0 Å². The standard InChI is InChI=1S/C30H31N5/c1-5-34(6-2)26-17-19-28-30(21-26)35(25-10-8-7-9-11-25)29-20-23(14-18-27(29)32-28)31-22-12-15-24(16-13-22)33(3)4/h7-21H,5-6H2,1-4H3/p+1. The van der Waals surface area contributed by atoms with E-state index in [-0.39, 0.29) is 0 Å². The number of aromatic nitrogens is 2. The monoisotopic (exact) mass is 462 g/mol. The minimum Gasteiger partial charge on any atom is -0.378 e. The summed E-state index contributed by atoms with van der Waals surface area (Å²) in [5.41, 5.74) is 9.70. The zero-order valence-electron chi connectivity index (χ0n) is 20.9. The Kier molecular flexibility index (Phi) is 6.23. The van der Waals surface area contributed by atoms with Crippen LogP contribution in [0.3, 0.4) is 0 Å². The van der Waals surface area contributed by atoms with Gasteiger partial charge in [-0.1, -0.05) is 18.2 Å². The number of para-hydroxylation sites is 1.